The first-order valence-corrected chi connectivity index (χ1v) is 16.8. The first-order chi connectivity index (χ1) is 13.1. The second-order valence-corrected chi connectivity index (χ2v) is 22.1. The molecular formula is C22H45NO5Si2. The molecule has 0 spiro atoms. The van der Waals surface area contributed by atoms with Crippen molar-refractivity contribution in [2.75, 3.05) is 6.61 Å². The number of likely N-dealkylation sites (tertiary alicyclic amines) is 1. The molecule has 1 aliphatic rings. The summed E-state index contributed by atoms with van der Waals surface area (Å²) < 4.78 is 18.3. The van der Waals surface area contributed by atoms with Crippen LogP contribution >= 0.6 is 0 Å². The molecule has 30 heavy (non-hydrogen) atoms. The van der Waals surface area contributed by atoms with Gasteiger partial charge in [0.2, 0.25) is 0 Å². The summed E-state index contributed by atoms with van der Waals surface area (Å²) >= 11 is 0. The normalized spacial score (nSPS) is 21.9. The molecule has 8 heteroatoms. The molecule has 0 aromatic carbocycles. The molecule has 1 fully saturated rings. The topological polar surface area (TPSA) is 65.1 Å². The Hall–Kier alpha value is -0.706. The Kier molecular flexibility index (Phi) is 7.90. The van der Waals surface area contributed by atoms with Gasteiger partial charge in [0, 0.05) is 6.42 Å². The summed E-state index contributed by atoms with van der Waals surface area (Å²) in [5.74, 6) is -0.307. The lowest BCUT2D eigenvalue weighted by Gasteiger charge is -2.38. The molecular weight excluding hydrogens is 414 g/mol. The average Bonchev–Trinajstić information content (AvgIpc) is 2.77. The van der Waals surface area contributed by atoms with Crippen molar-refractivity contribution >= 4 is 28.6 Å². The Morgan fingerprint density at radius 3 is 1.80 bits per heavy atom. The van der Waals surface area contributed by atoms with E-state index in [1.54, 1.807) is 20.8 Å². The highest BCUT2D eigenvalue weighted by Gasteiger charge is 2.50. The van der Waals surface area contributed by atoms with E-state index in [9.17, 15) is 9.59 Å². The molecule has 1 saturated heterocycles. The van der Waals surface area contributed by atoms with Crippen LogP contribution in [-0.4, -0.2) is 57.9 Å². The number of hydrogen-bond acceptors (Lipinski definition) is 5. The van der Waals surface area contributed by atoms with Gasteiger partial charge in [-0.15, -0.1) is 0 Å². The summed E-state index contributed by atoms with van der Waals surface area (Å²) in [5, 5.41) is 0.0170. The van der Waals surface area contributed by atoms with Gasteiger partial charge in [-0.05, 0) is 57.0 Å². The van der Waals surface area contributed by atoms with E-state index in [4.69, 9.17) is 13.6 Å². The number of carbonyl (C=O) groups is 2. The molecule has 1 rings (SSSR count). The van der Waals surface area contributed by atoms with Crippen molar-refractivity contribution in [1.29, 1.82) is 0 Å². The van der Waals surface area contributed by atoms with Gasteiger partial charge < -0.3 is 13.6 Å². The predicted molar refractivity (Wildman–Crippen MR) is 127 cm³/mol. The van der Waals surface area contributed by atoms with Gasteiger partial charge >= 0.3 is 6.09 Å². The fourth-order valence-corrected chi connectivity index (χ4v) is 4.94. The second kappa shape index (κ2) is 8.67. The lowest BCUT2D eigenvalue weighted by atomic mass is 10.2. The lowest BCUT2D eigenvalue weighted by molar-refractivity contribution is -0.134. The molecule has 2 atom stereocenters. The van der Waals surface area contributed by atoms with Crippen LogP contribution in [-0.2, 0) is 18.4 Å². The Bertz CT molecular complexity index is 641. The molecule has 2 amide bonds. The molecule has 0 bridgehead atoms. The largest absolute Gasteiger partial charge is 0.443 e. The number of hydrogen-bond donors (Lipinski definition) is 0. The van der Waals surface area contributed by atoms with Crippen molar-refractivity contribution in [1.82, 2.24) is 4.90 Å². The third-order valence-electron chi connectivity index (χ3n) is 6.64. The van der Waals surface area contributed by atoms with E-state index in [1.807, 2.05) is 0 Å². The molecule has 6 nitrogen and oxygen atoms in total. The molecule has 1 aliphatic heterocycles. The van der Waals surface area contributed by atoms with Gasteiger partial charge in [0.05, 0.1) is 12.6 Å². The van der Waals surface area contributed by atoms with E-state index in [1.165, 1.54) is 4.90 Å². The fraction of sp³-hybridized carbons (Fsp3) is 0.909. The molecule has 0 aromatic heterocycles. The van der Waals surface area contributed by atoms with E-state index in [-0.39, 0.29) is 22.0 Å². The molecule has 0 aromatic rings. The minimum atomic E-state index is -2.17. The van der Waals surface area contributed by atoms with Gasteiger partial charge in [0.25, 0.3) is 5.91 Å². The minimum Gasteiger partial charge on any atom is -0.443 e. The highest BCUT2D eigenvalue weighted by atomic mass is 28.4. The monoisotopic (exact) mass is 459 g/mol. The molecule has 0 aliphatic carbocycles. The van der Waals surface area contributed by atoms with Crippen LogP contribution < -0.4 is 0 Å². The third kappa shape index (κ3) is 6.64. The maximum atomic E-state index is 13.2. The smallest absolute Gasteiger partial charge is 0.417 e. The molecule has 1 heterocycles. The third-order valence-corrected chi connectivity index (χ3v) is 15.6. The van der Waals surface area contributed by atoms with Crippen molar-refractivity contribution in [2.45, 2.75) is 123 Å². The van der Waals surface area contributed by atoms with Gasteiger partial charge in [-0.2, -0.15) is 0 Å². The minimum absolute atomic E-state index is 0.0280. The second-order valence-electron chi connectivity index (χ2n) is 12.5. The zero-order valence-corrected chi connectivity index (χ0v) is 23.6. The Morgan fingerprint density at radius 1 is 0.933 bits per heavy atom. The summed E-state index contributed by atoms with van der Waals surface area (Å²) in [6.07, 6.45) is -0.803. The summed E-state index contributed by atoms with van der Waals surface area (Å²) in [6, 6.07) is -0.378. The van der Waals surface area contributed by atoms with E-state index < -0.39 is 34.4 Å². The van der Waals surface area contributed by atoms with Gasteiger partial charge in [-0.25, -0.2) is 9.69 Å². The maximum absolute atomic E-state index is 13.2. The van der Waals surface area contributed by atoms with Gasteiger partial charge in [0.1, 0.15) is 11.7 Å². The lowest BCUT2D eigenvalue weighted by Crippen LogP contribution is -2.49. The molecule has 0 saturated carbocycles. The van der Waals surface area contributed by atoms with Crippen LogP contribution in [0, 0.1) is 0 Å². The highest BCUT2D eigenvalue weighted by Crippen LogP contribution is 2.40. The van der Waals surface area contributed by atoms with Gasteiger partial charge in [0.15, 0.2) is 16.6 Å². The number of imide groups is 1. The first-order valence-electron chi connectivity index (χ1n) is 11.0. The molecule has 0 radical (unpaired) electrons. The molecule has 0 N–H and O–H groups in total. The van der Waals surface area contributed by atoms with E-state index >= 15 is 0 Å². The number of carbonyl (C=O) groups excluding carboxylic acids is 2. The SMILES string of the molecule is CC(C)(C)OC(=O)N1C(=O)[C@H](O[Si](C)(C)C(C)(C)C)C[C@H]1CO[Si](C)(C)C(C)(C)C. The van der Waals surface area contributed by atoms with Crippen molar-refractivity contribution in [3.05, 3.63) is 0 Å². The highest BCUT2D eigenvalue weighted by molar-refractivity contribution is 6.74. The summed E-state index contributed by atoms with van der Waals surface area (Å²) in [6.45, 7) is 27.3. The van der Waals surface area contributed by atoms with E-state index in [2.05, 4.69) is 67.7 Å². The van der Waals surface area contributed by atoms with E-state index in [0.717, 1.165) is 0 Å². The van der Waals surface area contributed by atoms with E-state index in [0.29, 0.717) is 13.0 Å². The van der Waals surface area contributed by atoms with Crippen molar-refractivity contribution in [3.63, 3.8) is 0 Å². The first kappa shape index (κ1) is 27.3. The summed E-state index contributed by atoms with van der Waals surface area (Å²) in [4.78, 5) is 27.4. The van der Waals surface area contributed by atoms with Crippen LogP contribution in [0.1, 0.15) is 68.7 Å². The quantitative estimate of drug-likeness (QED) is 0.476. The predicted octanol–water partition coefficient (Wildman–Crippen LogP) is 5.93. The Balaban J connectivity index is 3.12. The van der Waals surface area contributed by atoms with Crippen molar-refractivity contribution < 1.29 is 23.2 Å². The zero-order valence-electron chi connectivity index (χ0n) is 21.6. The molecule has 0 unspecified atom stereocenters. The summed E-state index contributed by atoms with van der Waals surface area (Å²) in [7, 11) is -4.20. The Labute approximate surface area is 186 Å². The van der Waals surface area contributed by atoms with Crippen LogP contribution in [0.15, 0.2) is 0 Å². The zero-order chi connectivity index (χ0) is 23.9. The van der Waals surface area contributed by atoms with Crippen LogP contribution in [0.4, 0.5) is 4.79 Å². The Morgan fingerprint density at radius 2 is 1.40 bits per heavy atom. The van der Waals surface area contributed by atoms with Crippen LogP contribution in [0.25, 0.3) is 0 Å². The number of amides is 2. The van der Waals surface area contributed by atoms with Gasteiger partial charge in [-0.3, -0.25) is 4.79 Å². The molecule has 176 valence electrons. The fourth-order valence-electron chi connectivity index (χ4n) is 2.63. The van der Waals surface area contributed by atoms with Gasteiger partial charge in [-0.1, -0.05) is 41.5 Å². The summed E-state index contributed by atoms with van der Waals surface area (Å²) in [5.41, 5.74) is -0.680. The standard InChI is InChI=1S/C22H45NO5Si2/c1-20(2,3)27-19(25)23-16(15-26-29(10,11)21(4,5)6)14-17(18(23)24)28-30(12,13)22(7,8)9/h16-17H,14-15H2,1-13H3/t16-,17+/m0/s1. The van der Waals surface area contributed by atoms with Crippen LogP contribution in [0.3, 0.4) is 0 Å². The van der Waals surface area contributed by atoms with Crippen molar-refractivity contribution in [2.24, 2.45) is 0 Å². The average molecular weight is 460 g/mol. The number of rotatable bonds is 5. The number of ether oxygens (including phenoxy) is 1. The number of nitrogens with zero attached hydrogens (tertiary/aromatic N) is 1. The van der Waals surface area contributed by atoms with Crippen LogP contribution in [0.5, 0.6) is 0 Å². The van der Waals surface area contributed by atoms with Crippen LogP contribution in [0.2, 0.25) is 36.3 Å². The van der Waals surface area contributed by atoms with Crippen molar-refractivity contribution in [3.8, 4) is 0 Å². The maximum Gasteiger partial charge on any atom is 0.417 e.